The number of ketones is 1. The second kappa shape index (κ2) is 10.4. The molecule has 37 heavy (non-hydrogen) atoms. The van der Waals surface area contributed by atoms with Crippen molar-refractivity contribution in [2.24, 2.45) is 5.92 Å². The van der Waals surface area contributed by atoms with E-state index in [1.54, 1.807) is 30.7 Å². The highest BCUT2D eigenvalue weighted by atomic mass is 32.1. The van der Waals surface area contributed by atoms with E-state index >= 15 is 0 Å². The van der Waals surface area contributed by atoms with Crippen LogP contribution in [0.25, 0.3) is 10.2 Å². The fraction of sp³-hybridized carbons (Fsp3) is 0.250. The van der Waals surface area contributed by atoms with Gasteiger partial charge >= 0.3 is 0 Å². The van der Waals surface area contributed by atoms with Gasteiger partial charge in [0.1, 0.15) is 11.5 Å². The van der Waals surface area contributed by atoms with Crippen molar-refractivity contribution in [3.8, 4) is 11.5 Å². The first-order chi connectivity index (χ1) is 17.9. The van der Waals surface area contributed by atoms with E-state index < -0.39 is 17.7 Å². The molecule has 0 saturated heterocycles. The van der Waals surface area contributed by atoms with E-state index in [-0.39, 0.29) is 11.4 Å². The average Bonchev–Trinajstić information content (AvgIpc) is 3.62. The monoisotopic (exact) mass is 534 g/mol. The lowest BCUT2D eigenvalue weighted by atomic mass is 9.95. The number of anilines is 1. The Kier molecular flexibility index (Phi) is 6.99. The third-order valence-electron chi connectivity index (χ3n) is 6.13. The van der Waals surface area contributed by atoms with E-state index in [1.807, 2.05) is 36.4 Å². The second-order valence-corrected chi connectivity index (χ2v) is 11.0. The predicted molar refractivity (Wildman–Crippen MR) is 146 cm³/mol. The highest BCUT2D eigenvalue weighted by Crippen LogP contribution is 2.45. The van der Waals surface area contributed by atoms with Gasteiger partial charge in [-0.2, -0.15) is 0 Å². The third kappa shape index (κ3) is 4.84. The summed E-state index contributed by atoms with van der Waals surface area (Å²) in [5.74, 6) is 0.191. The molecule has 4 aromatic rings. The van der Waals surface area contributed by atoms with Crippen molar-refractivity contribution in [3.63, 3.8) is 0 Å². The van der Waals surface area contributed by atoms with Crippen LogP contribution in [0.1, 0.15) is 41.5 Å². The summed E-state index contributed by atoms with van der Waals surface area (Å²) in [4.78, 5) is 33.6. The number of methoxy groups -OCH3 is 1. The number of aromatic nitrogens is 1. The van der Waals surface area contributed by atoms with Crippen LogP contribution in [0.2, 0.25) is 0 Å². The molecule has 190 valence electrons. The molecule has 3 heterocycles. The van der Waals surface area contributed by atoms with Gasteiger partial charge in [0.25, 0.3) is 5.91 Å². The van der Waals surface area contributed by atoms with E-state index in [0.717, 1.165) is 11.1 Å². The Morgan fingerprint density at radius 1 is 1.14 bits per heavy atom. The fourth-order valence-corrected chi connectivity index (χ4v) is 5.90. The third-order valence-corrected chi connectivity index (χ3v) is 8.01. The Labute approximate surface area is 222 Å². The molecule has 0 aliphatic carbocycles. The van der Waals surface area contributed by atoms with Crippen molar-refractivity contribution in [1.29, 1.82) is 0 Å². The van der Waals surface area contributed by atoms with Crippen LogP contribution in [0.5, 0.6) is 11.5 Å². The summed E-state index contributed by atoms with van der Waals surface area (Å²) in [7, 11) is 1.59. The molecule has 0 radical (unpaired) electrons. The van der Waals surface area contributed by atoms with Gasteiger partial charge in [-0.25, -0.2) is 4.98 Å². The van der Waals surface area contributed by atoms with Crippen LogP contribution in [0.15, 0.2) is 71.3 Å². The number of amides is 1. The van der Waals surface area contributed by atoms with Crippen molar-refractivity contribution in [2.75, 3.05) is 18.6 Å². The Hall–Kier alpha value is -3.69. The van der Waals surface area contributed by atoms with Gasteiger partial charge in [-0.3, -0.25) is 14.5 Å². The highest BCUT2D eigenvalue weighted by Gasteiger charge is 2.46. The topological polar surface area (TPSA) is 89.0 Å². The zero-order chi connectivity index (χ0) is 26.1. The van der Waals surface area contributed by atoms with Gasteiger partial charge < -0.3 is 14.6 Å². The Morgan fingerprint density at radius 2 is 1.97 bits per heavy atom. The molecule has 1 N–H and O–H groups in total. The number of nitrogens with zero attached hydrogens (tertiary/aromatic N) is 2. The van der Waals surface area contributed by atoms with Gasteiger partial charge in [-0.1, -0.05) is 43.4 Å². The molecule has 2 aromatic heterocycles. The second-order valence-electron chi connectivity index (χ2n) is 9.08. The number of thiazole rings is 1. The quantitative estimate of drug-likeness (QED) is 0.244. The van der Waals surface area contributed by atoms with E-state index in [2.05, 4.69) is 18.8 Å². The fourth-order valence-electron chi connectivity index (χ4n) is 4.20. The van der Waals surface area contributed by atoms with Crippen LogP contribution in [0.4, 0.5) is 5.13 Å². The van der Waals surface area contributed by atoms with E-state index in [9.17, 15) is 14.7 Å². The number of hydrogen-bond acceptors (Lipinski definition) is 8. The standard InChI is InChI=1S/C28H26N2O5S2/c1-16(2)11-12-35-19-7-4-6-17(14-19)24-23(25(31)21-8-5-13-36-21)26(32)27(33)30(24)28-29-20-10-9-18(34-3)15-22(20)37-28/h4-10,13-16,24,32H,11-12H2,1-3H3/t24-/m0/s1. The van der Waals surface area contributed by atoms with Crippen LogP contribution < -0.4 is 14.4 Å². The van der Waals surface area contributed by atoms with Gasteiger partial charge in [0.05, 0.1) is 40.4 Å². The first-order valence-corrected chi connectivity index (χ1v) is 13.6. The van der Waals surface area contributed by atoms with Crippen LogP contribution >= 0.6 is 22.7 Å². The summed E-state index contributed by atoms with van der Waals surface area (Å²) in [6.45, 7) is 4.81. The average molecular weight is 535 g/mol. The lowest BCUT2D eigenvalue weighted by Crippen LogP contribution is -2.30. The maximum absolute atomic E-state index is 13.6. The number of hydrogen-bond donors (Lipinski definition) is 1. The molecule has 0 unspecified atom stereocenters. The number of ether oxygens (including phenoxy) is 2. The molecule has 0 fully saturated rings. The number of aliphatic hydroxyl groups is 1. The minimum absolute atomic E-state index is 0.0311. The van der Waals surface area contributed by atoms with Crippen molar-refractivity contribution < 1.29 is 24.2 Å². The molecule has 1 amide bonds. The number of carbonyl (C=O) groups is 2. The van der Waals surface area contributed by atoms with Gasteiger partial charge in [-0.15, -0.1) is 11.3 Å². The number of thiophene rings is 1. The molecule has 0 bridgehead atoms. The van der Waals surface area contributed by atoms with Gasteiger partial charge in [0, 0.05) is 0 Å². The van der Waals surface area contributed by atoms with Crippen molar-refractivity contribution >= 4 is 49.7 Å². The molecule has 1 atom stereocenters. The van der Waals surface area contributed by atoms with Crippen molar-refractivity contribution in [1.82, 2.24) is 4.98 Å². The number of Topliss-reactive ketones (excluding diaryl/α,β-unsaturated/α-hetero) is 1. The molecular formula is C28H26N2O5S2. The number of rotatable bonds is 9. The summed E-state index contributed by atoms with van der Waals surface area (Å²) in [5.41, 5.74) is 1.37. The largest absolute Gasteiger partial charge is 0.503 e. The van der Waals surface area contributed by atoms with E-state index in [1.165, 1.54) is 27.6 Å². The molecule has 5 rings (SSSR count). The molecule has 1 aliphatic heterocycles. The molecule has 1 aliphatic rings. The van der Waals surface area contributed by atoms with Crippen LogP contribution in [-0.2, 0) is 4.79 Å². The summed E-state index contributed by atoms with van der Waals surface area (Å²) >= 11 is 2.56. The zero-order valence-electron chi connectivity index (χ0n) is 20.6. The molecular weight excluding hydrogens is 508 g/mol. The van der Waals surface area contributed by atoms with Crippen LogP contribution in [0.3, 0.4) is 0 Å². The minimum Gasteiger partial charge on any atom is -0.503 e. The molecule has 7 nitrogen and oxygen atoms in total. The molecule has 0 spiro atoms. The summed E-state index contributed by atoms with van der Waals surface area (Å²) in [5, 5.41) is 13.2. The maximum atomic E-state index is 13.6. The van der Waals surface area contributed by atoms with Gasteiger partial charge in [0.2, 0.25) is 5.78 Å². The first kappa shape index (κ1) is 25.0. The lowest BCUT2D eigenvalue weighted by molar-refractivity contribution is -0.117. The summed E-state index contributed by atoms with van der Waals surface area (Å²) < 4.78 is 12.1. The zero-order valence-corrected chi connectivity index (χ0v) is 22.3. The van der Waals surface area contributed by atoms with Crippen molar-refractivity contribution in [3.05, 3.63) is 81.8 Å². The SMILES string of the molecule is COc1ccc2nc(N3C(=O)C(O)=C(C(=O)c4cccs4)[C@@H]3c3cccc(OCCC(C)C)c3)sc2c1. The molecule has 2 aromatic carbocycles. The first-order valence-electron chi connectivity index (χ1n) is 11.9. The summed E-state index contributed by atoms with van der Waals surface area (Å²) in [6, 6.07) is 15.4. The number of benzene rings is 2. The predicted octanol–water partition coefficient (Wildman–Crippen LogP) is 6.57. The van der Waals surface area contributed by atoms with Gasteiger partial charge in [0.15, 0.2) is 10.9 Å². The minimum atomic E-state index is -0.863. The van der Waals surface area contributed by atoms with Crippen molar-refractivity contribution in [2.45, 2.75) is 26.3 Å². The smallest absolute Gasteiger partial charge is 0.296 e. The Balaban J connectivity index is 1.60. The summed E-state index contributed by atoms with van der Waals surface area (Å²) in [6.07, 6.45) is 0.899. The van der Waals surface area contributed by atoms with Gasteiger partial charge in [-0.05, 0) is 59.7 Å². The highest BCUT2D eigenvalue weighted by molar-refractivity contribution is 7.22. The molecule has 0 saturated carbocycles. The number of carbonyl (C=O) groups excluding carboxylic acids is 2. The number of fused-ring (bicyclic) bond motifs is 1. The number of aliphatic hydroxyl groups excluding tert-OH is 1. The Bertz CT molecular complexity index is 1490. The normalized spacial score (nSPS) is 15.7. The lowest BCUT2D eigenvalue weighted by Gasteiger charge is -2.24. The van der Waals surface area contributed by atoms with E-state index in [0.29, 0.717) is 45.1 Å². The van der Waals surface area contributed by atoms with Crippen LogP contribution in [0, 0.1) is 5.92 Å². The Morgan fingerprint density at radius 3 is 2.70 bits per heavy atom. The van der Waals surface area contributed by atoms with E-state index in [4.69, 9.17) is 9.47 Å². The maximum Gasteiger partial charge on any atom is 0.296 e. The molecule has 9 heteroatoms. The van der Waals surface area contributed by atoms with Crippen LogP contribution in [-0.4, -0.2) is 35.5 Å².